The summed E-state index contributed by atoms with van der Waals surface area (Å²) in [5.41, 5.74) is 1.16. The van der Waals surface area contributed by atoms with Gasteiger partial charge >= 0.3 is 5.97 Å². The summed E-state index contributed by atoms with van der Waals surface area (Å²) in [6.07, 6.45) is 2.68. The summed E-state index contributed by atoms with van der Waals surface area (Å²) < 4.78 is 7.57. The van der Waals surface area contributed by atoms with Crippen molar-refractivity contribution in [2.24, 2.45) is 0 Å². The first-order chi connectivity index (χ1) is 14.8. The molecule has 3 rings (SSSR count). The molecule has 0 radical (unpaired) electrons. The maximum Gasteiger partial charge on any atom is 0.303 e. The van der Waals surface area contributed by atoms with Gasteiger partial charge < -0.3 is 25.4 Å². The molecular formula is C20H19Cl2N3O6. The standard InChI is InChI=1S/C20H19Cl2N3O6/c21-16-6-5-14(11-17(16)22)24-20(31-10-2-4-18(27)28)15(7-9-26)19(25(24)30)13-3-1-8-23(29)12-13/h1,3,5-6,8,11-12,26H,2,4,7,9-10H2,(H,27,28). The first-order valence-electron chi connectivity index (χ1n) is 9.31. The average molecular weight is 468 g/mol. The van der Waals surface area contributed by atoms with Gasteiger partial charge in [-0.2, -0.15) is 4.73 Å². The van der Waals surface area contributed by atoms with Crippen molar-refractivity contribution in [3.63, 3.8) is 0 Å². The van der Waals surface area contributed by atoms with Crippen molar-refractivity contribution in [2.45, 2.75) is 19.3 Å². The highest BCUT2D eigenvalue weighted by Crippen LogP contribution is 2.33. The summed E-state index contributed by atoms with van der Waals surface area (Å²) in [5, 5.41) is 44.1. The van der Waals surface area contributed by atoms with Gasteiger partial charge in [0.1, 0.15) is 11.3 Å². The molecule has 0 saturated carbocycles. The topological polar surface area (TPSA) is 126 Å². The Balaban J connectivity index is 2.19. The van der Waals surface area contributed by atoms with Gasteiger partial charge in [-0.15, -0.1) is 0 Å². The van der Waals surface area contributed by atoms with E-state index in [0.29, 0.717) is 31.4 Å². The van der Waals surface area contributed by atoms with Gasteiger partial charge in [0.25, 0.3) is 11.6 Å². The fourth-order valence-corrected chi connectivity index (χ4v) is 3.42. The molecule has 0 bridgehead atoms. The molecule has 0 aliphatic heterocycles. The van der Waals surface area contributed by atoms with Gasteiger partial charge in [-0.1, -0.05) is 32.7 Å². The third kappa shape index (κ3) is 5.01. The van der Waals surface area contributed by atoms with Crippen LogP contribution in [0.3, 0.4) is 0 Å². The minimum absolute atomic E-state index is 0.0197. The number of halogens is 2. The van der Waals surface area contributed by atoms with E-state index < -0.39 is 5.97 Å². The smallest absolute Gasteiger partial charge is 0.303 e. The monoisotopic (exact) mass is 467 g/mol. The molecule has 0 aliphatic rings. The molecule has 0 aliphatic carbocycles. The van der Waals surface area contributed by atoms with Crippen molar-refractivity contribution >= 4 is 29.2 Å². The Kier molecular flexibility index (Phi) is 7.21. The van der Waals surface area contributed by atoms with Gasteiger partial charge in [-0.3, -0.25) is 4.79 Å². The molecule has 0 fully saturated rings. The summed E-state index contributed by atoms with van der Waals surface area (Å²) in [4.78, 5) is 11.4. The molecule has 2 N–H and O–H groups in total. The first kappa shape index (κ1) is 22.7. The van der Waals surface area contributed by atoms with Crippen LogP contribution < -0.4 is 14.3 Å². The normalized spacial score (nSPS) is 10.9. The van der Waals surface area contributed by atoms with Crippen LogP contribution in [-0.2, 0) is 11.2 Å². The summed E-state index contributed by atoms with van der Waals surface area (Å²) >= 11 is 12.1. The summed E-state index contributed by atoms with van der Waals surface area (Å²) in [6, 6.07) is 7.65. The van der Waals surface area contributed by atoms with Gasteiger partial charge in [0.05, 0.1) is 22.2 Å². The predicted octanol–water partition coefficient (Wildman–Crippen LogP) is 2.50. The summed E-state index contributed by atoms with van der Waals surface area (Å²) in [7, 11) is 0. The quantitative estimate of drug-likeness (QED) is 0.282. The Morgan fingerprint density at radius 1 is 1.19 bits per heavy atom. The number of benzene rings is 1. The Morgan fingerprint density at radius 3 is 2.61 bits per heavy atom. The van der Waals surface area contributed by atoms with Crippen LogP contribution in [0.4, 0.5) is 0 Å². The maximum absolute atomic E-state index is 13.4. The molecule has 0 spiro atoms. The molecule has 2 aromatic heterocycles. The lowest BCUT2D eigenvalue weighted by Gasteiger charge is -2.10. The van der Waals surface area contributed by atoms with E-state index in [2.05, 4.69) is 0 Å². The van der Waals surface area contributed by atoms with Crippen molar-refractivity contribution in [1.82, 2.24) is 4.68 Å². The number of carboxylic acid groups (broad SMARTS) is 1. The molecule has 0 saturated heterocycles. The first-order valence-corrected chi connectivity index (χ1v) is 10.1. The number of hydrogen-bond donors (Lipinski definition) is 2. The van der Waals surface area contributed by atoms with E-state index in [4.69, 9.17) is 33.0 Å². The average Bonchev–Trinajstić information content (AvgIpc) is 2.99. The van der Waals surface area contributed by atoms with Gasteiger partial charge in [0.2, 0.25) is 0 Å². The van der Waals surface area contributed by atoms with E-state index in [-0.39, 0.29) is 49.1 Å². The van der Waals surface area contributed by atoms with E-state index >= 15 is 0 Å². The largest absolute Gasteiger partial charge is 0.619 e. The molecule has 3 aromatic rings. The number of aromatic nitrogens is 3. The SMILES string of the molecule is O=C(O)CCCOc1c(CCO)c(-c2ccc[n+]([O-])c2)[n+]([O-])n1-c1ccc(Cl)c(Cl)c1. The Morgan fingerprint density at radius 2 is 1.97 bits per heavy atom. The van der Waals surface area contributed by atoms with Crippen molar-refractivity contribution in [2.75, 3.05) is 13.2 Å². The highest BCUT2D eigenvalue weighted by atomic mass is 35.5. The number of pyridine rings is 1. The second-order valence-corrected chi connectivity index (χ2v) is 7.40. The van der Waals surface area contributed by atoms with Crippen LogP contribution in [-0.4, -0.2) is 34.1 Å². The van der Waals surface area contributed by atoms with Gasteiger partial charge in [0.15, 0.2) is 12.4 Å². The van der Waals surface area contributed by atoms with E-state index in [1.165, 1.54) is 35.3 Å². The molecule has 0 unspecified atom stereocenters. The number of ether oxygens (including phenoxy) is 1. The molecule has 0 amide bonds. The van der Waals surface area contributed by atoms with Crippen LogP contribution >= 0.6 is 23.2 Å². The lowest BCUT2D eigenvalue weighted by atomic mass is 10.1. The van der Waals surface area contributed by atoms with E-state index in [0.717, 1.165) is 0 Å². The van der Waals surface area contributed by atoms with Crippen molar-refractivity contribution < 1.29 is 29.3 Å². The van der Waals surface area contributed by atoms with Crippen molar-refractivity contribution in [3.8, 4) is 22.8 Å². The number of carboxylic acids is 1. The zero-order valence-corrected chi connectivity index (χ0v) is 17.7. The number of aliphatic carboxylic acids is 1. The highest BCUT2D eigenvalue weighted by molar-refractivity contribution is 6.42. The second-order valence-electron chi connectivity index (χ2n) is 6.59. The maximum atomic E-state index is 13.4. The third-order valence-electron chi connectivity index (χ3n) is 4.44. The van der Waals surface area contributed by atoms with E-state index in [1.54, 1.807) is 12.1 Å². The Bertz CT molecular complexity index is 1100. The van der Waals surface area contributed by atoms with Crippen LogP contribution in [0.2, 0.25) is 10.0 Å². The molecule has 164 valence electrons. The highest BCUT2D eigenvalue weighted by Gasteiger charge is 2.32. The summed E-state index contributed by atoms with van der Waals surface area (Å²) in [6.45, 7) is -0.264. The number of carbonyl (C=O) groups is 1. The van der Waals surface area contributed by atoms with Crippen LogP contribution in [0.5, 0.6) is 5.88 Å². The zero-order valence-electron chi connectivity index (χ0n) is 16.2. The minimum atomic E-state index is -0.970. The lowest BCUT2D eigenvalue weighted by molar-refractivity contribution is -0.674. The number of hydrogen-bond acceptors (Lipinski definition) is 5. The van der Waals surface area contributed by atoms with Crippen LogP contribution in [0.15, 0.2) is 42.7 Å². The predicted molar refractivity (Wildman–Crippen MR) is 112 cm³/mol. The fourth-order valence-electron chi connectivity index (χ4n) is 3.12. The van der Waals surface area contributed by atoms with Crippen molar-refractivity contribution in [3.05, 3.63) is 68.7 Å². The van der Waals surface area contributed by atoms with Gasteiger partial charge in [-0.05, 0) is 30.7 Å². The molecule has 9 nitrogen and oxygen atoms in total. The number of aliphatic hydroxyl groups is 1. The van der Waals surface area contributed by atoms with Crippen LogP contribution in [0, 0.1) is 10.4 Å². The summed E-state index contributed by atoms with van der Waals surface area (Å²) in [5.74, 6) is -0.855. The molecule has 0 atom stereocenters. The minimum Gasteiger partial charge on any atom is -0.619 e. The number of rotatable bonds is 9. The molecule has 11 heteroatoms. The number of aliphatic hydroxyl groups excluding tert-OH is 1. The molecule has 1 aromatic carbocycles. The molecule has 31 heavy (non-hydrogen) atoms. The zero-order chi connectivity index (χ0) is 22.5. The Labute approximate surface area is 187 Å². The molecular weight excluding hydrogens is 449 g/mol. The number of nitrogens with zero attached hydrogens (tertiary/aromatic N) is 3. The van der Waals surface area contributed by atoms with Gasteiger partial charge in [-0.25, -0.2) is 0 Å². The van der Waals surface area contributed by atoms with Crippen LogP contribution in [0.1, 0.15) is 18.4 Å². The fraction of sp³-hybridized carbons (Fsp3) is 0.250. The van der Waals surface area contributed by atoms with Gasteiger partial charge in [0, 0.05) is 25.5 Å². The van der Waals surface area contributed by atoms with E-state index in [1.807, 2.05) is 0 Å². The molecule has 2 heterocycles. The van der Waals surface area contributed by atoms with E-state index in [9.17, 15) is 20.3 Å². The lowest BCUT2D eigenvalue weighted by Crippen LogP contribution is -2.38. The van der Waals surface area contributed by atoms with Crippen LogP contribution in [0.25, 0.3) is 16.9 Å². The second kappa shape index (κ2) is 9.86. The third-order valence-corrected chi connectivity index (χ3v) is 5.18. The van der Waals surface area contributed by atoms with Crippen molar-refractivity contribution in [1.29, 1.82) is 0 Å². The Hall–Kier alpha value is -3.01.